The summed E-state index contributed by atoms with van der Waals surface area (Å²) in [6, 6.07) is 16.8. The molecule has 0 aliphatic heterocycles. The second-order valence-corrected chi connectivity index (χ2v) is 4.89. The molecule has 1 amide bonds. The minimum Gasteiger partial charge on any atom is -0.378 e. The van der Waals surface area contributed by atoms with Crippen LogP contribution in [0.1, 0.15) is 15.9 Å². The second kappa shape index (κ2) is 6.58. The molecule has 0 aliphatic carbocycles. The predicted octanol–water partition coefficient (Wildman–Crippen LogP) is 3.07. The van der Waals surface area contributed by atoms with Gasteiger partial charge in [-0.2, -0.15) is 5.26 Å². The highest BCUT2D eigenvalue weighted by Gasteiger charge is 2.10. The van der Waals surface area contributed by atoms with Crippen molar-refractivity contribution in [3.63, 3.8) is 0 Å². The molecule has 2 aromatic carbocycles. The van der Waals surface area contributed by atoms with Gasteiger partial charge in [0.1, 0.15) is 0 Å². The van der Waals surface area contributed by atoms with E-state index < -0.39 is 0 Å². The Morgan fingerprint density at radius 3 is 2.43 bits per heavy atom. The number of anilines is 2. The van der Waals surface area contributed by atoms with Crippen molar-refractivity contribution in [3.8, 4) is 6.07 Å². The molecule has 0 aromatic heterocycles. The normalized spacial score (nSPS) is 9.76. The lowest BCUT2D eigenvalue weighted by atomic mass is 10.0. The number of nitriles is 1. The first-order chi connectivity index (χ1) is 10.1. The average Bonchev–Trinajstić information content (AvgIpc) is 2.48. The van der Waals surface area contributed by atoms with Crippen molar-refractivity contribution in [3.05, 3.63) is 59.7 Å². The van der Waals surface area contributed by atoms with Crippen molar-refractivity contribution in [2.45, 2.75) is 6.42 Å². The summed E-state index contributed by atoms with van der Waals surface area (Å²) < 4.78 is 0. The Morgan fingerprint density at radius 1 is 1.14 bits per heavy atom. The van der Waals surface area contributed by atoms with Crippen LogP contribution < -0.4 is 10.2 Å². The Labute approximate surface area is 124 Å². The van der Waals surface area contributed by atoms with Crippen LogP contribution in [0.3, 0.4) is 0 Å². The van der Waals surface area contributed by atoms with Crippen LogP contribution in [0, 0.1) is 11.3 Å². The minimum absolute atomic E-state index is 0.196. The van der Waals surface area contributed by atoms with E-state index in [0.29, 0.717) is 5.56 Å². The third kappa shape index (κ3) is 3.61. The van der Waals surface area contributed by atoms with E-state index in [1.807, 2.05) is 49.3 Å². The SMILES string of the molecule is CN(C)c1ccc(NC(=O)c2ccccc2CC#N)cc1. The molecule has 4 heteroatoms. The zero-order valence-electron chi connectivity index (χ0n) is 12.1. The molecule has 0 saturated heterocycles. The molecule has 0 aliphatic rings. The van der Waals surface area contributed by atoms with Crippen molar-refractivity contribution in [2.24, 2.45) is 0 Å². The Balaban J connectivity index is 2.16. The molecular weight excluding hydrogens is 262 g/mol. The number of amides is 1. The van der Waals surface area contributed by atoms with Crippen LogP contribution in [0.25, 0.3) is 0 Å². The van der Waals surface area contributed by atoms with Gasteiger partial charge in [-0.05, 0) is 35.9 Å². The van der Waals surface area contributed by atoms with Crippen LogP contribution >= 0.6 is 0 Å². The van der Waals surface area contributed by atoms with E-state index in [2.05, 4.69) is 11.4 Å². The number of hydrogen-bond donors (Lipinski definition) is 1. The van der Waals surface area contributed by atoms with E-state index in [1.54, 1.807) is 18.2 Å². The number of nitrogens with one attached hydrogen (secondary N) is 1. The van der Waals surface area contributed by atoms with E-state index in [4.69, 9.17) is 5.26 Å². The molecule has 21 heavy (non-hydrogen) atoms. The Morgan fingerprint density at radius 2 is 1.81 bits per heavy atom. The molecule has 106 valence electrons. The smallest absolute Gasteiger partial charge is 0.255 e. The number of nitrogens with zero attached hydrogens (tertiary/aromatic N) is 2. The molecular formula is C17H17N3O. The summed E-state index contributed by atoms with van der Waals surface area (Å²) in [6.07, 6.45) is 0.225. The summed E-state index contributed by atoms with van der Waals surface area (Å²) in [7, 11) is 3.93. The monoisotopic (exact) mass is 279 g/mol. The van der Waals surface area contributed by atoms with Gasteiger partial charge in [0.25, 0.3) is 5.91 Å². The first-order valence-corrected chi connectivity index (χ1v) is 6.65. The third-order valence-electron chi connectivity index (χ3n) is 3.17. The maximum Gasteiger partial charge on any atom is 0.255 e. The minimum atomic E-state index is -0.196. The number of benzene rings is 2. The molecule has 0 unspecified atom stereocenters. The van der Waals surface area contributed by atoms with Gasteiger partial charge in [0.15, 0.2) is 0 Å². The lowest BCUT2D eigenvalue weighted by Gasteiger charge is -2.13. The van der Waals surface area contributed by atoms with Gasteiger partial charge in [-0.1, -0.05) is 18.2 Å². The van der Waals surface area contributed by atoms with Crippen LogP contribution in [0.4, 0.5) is 11.4 Å². The van der Waals surface area contributed by atoms with E-state index in [-0.39, 0.29) is 12.3 Å². The molecule has 2 rings (SSSR count). The van der Waals surface area contributed by atoms with E-state index in [0.717, 1.165) is 16.9 Å². The summed E-state index contributed by atoms with van der Waals surface area (Å²) in [4.78, 5) is 14.3. The number of carbonyl (C=O) groups excluding carboxylic acids is 1. The average molecular weight is 279 g/mol. The second-order valence-electron chi connectivity index (χ2n) is 4.89. The van der Waals surface area contributed by atoms with Crippen molar-refractivity contribution >= 4 is 17.3 Å². The molecule has 2 aromatic rings. The van der Waals surface area contributed by atoms with Crippen LogP contribution in [-0.2, 0) is 6.42 Å². The summed E-state index contributed by atoms with van der Waals surface area (Å²) in [5.74, 6) is -0.196. The topological polar surface area (TPSA) is 56.1 Å². The van der Waals surface area contributed by atoms with E-state index in [1.165, 1.54) is 0 Å². The molecule has 0 atom stereocenters. The van der Waals surface area contributed by atoms with Gasteiger partial charge in [0, 0.05) is 31.0 Å². The highest BCUT2D eigenvalue weighted by molar-refractivity contribution is 6.05. The van der Waals surface area contributed by atoms with Crippen molar-refractivity contribution in [1.29, 1.82) is 5.26 Å². The maximum atomic E-state index is 12.3. The van der Waals surface area contributed by atoms with Gasteiger partial charge >= 0.3 is 0 Å². The zero-order chi connectivity index (χ0) is 15.2. The first-order valence-electron chi connectivity index (χ1n) is 6.65. The molecule has 1 N–H and O–H groups in total. The van der Waals surface area contributed by atoms with Crippen LogP contribution in [0.2, 0.25) is 0 Å². The number of carbonyl (C=O) groups is 1. The summed E-state index contributed by atoms with van der Waals surface area (Å²) >= 11 is 0. The standard InChI is InChI=1S/C17H17N3O/c1-20(2)15-9-7-14(8-10-15)19-17(21)16-6-4-3-5-13(16)11-12-18/h3-10H,11H2,1-2H3,(H,19,21). The fourth-order valence-electron chi connectivity index (χ4n) is 2.02. The van der Waals surface area contributed by atoms with Crippen molar-refractivity contribution in [2.75, 3.05) is 24.3 Å². The van der Waals surface area contributed by atoms with Gasteiger partial charge in [-0.25, -0.2) is 0 Å². The van der Waals surface area contributed by atoms with Gasteiger partial charge < -0.3 is 10.2 Å². The zero-order valence-corrected chi connectivity index (χ0v) is 12.1. The number of rotatable bonds is 4. The molecule has 0 heterocycles. The molecule has 4 nitrogen and oxygen atoms in total. The highest BCUT2D eigenvalue weighted by Crippen LogP contribution is 2.17. The van der Waals surface area contributed by atoms with Crippen molar-refractivity contribution < 1.29 is 4.79 Å². The molecule has 0 fully saturated rings. The lowest BCUT2D eigenvalue weighted by Crippen LogP contribution is -2.14. The highest BCUT2D eigenvalue weighted by atomic mass is 16.1. The summed E-state index contributed by atoms with van der Waals surface area (Å²) in [5, 5.41) is 11.7. The fourth-order valence-corrected chi connectivity index (χ4v) is 2.02. The van der Waals surface area contributed by atoms with Gasteiger partial charge in [-0.15, -0.1) is 0 Å². The number of hydrogen-bond acceptors (Lipinski definition) is 3. The lowest BCUT2D eigenvalue weighted by molar-refractivity contribution is 0.102. The van der Waals surface area contributed by atoms with Gasteiger partial charge in [0.05, 0.1) is 12.5 Å². The molecule has 0 saturated carbocycles. The van der Waals surface area contributed by atoms with Gasteiger partial charge in [-0.3, -0.25) is 4.79 Å². The largest absolute Gasteiger partial charge is 0.378 e. The Hall–Kier alpha value is -2.80. The first kappa shape index (κ1) is 14.6. The maximum absolute atomic E-state index is 12.3. The quantitative estimate of drug-likeness (QED) is 0.935. The molecule has 0 bridgehead atoms. The fraction of sp³-hybridized carbons (Fsp3) is 0.176. The van der Waals surface area contributed by atoms with Crippen LogP contribution in [0.5, 0.6) is 0 Å². The summed E-state index contributed by atoms with van der Waals surface area (Å²) in [5.41, 5.74) is 3.08. The predicted molar refractivity (Wildman–Crippen MR) is 84.5 cm³/mol. The third-order valence-corrected chi connectivity index (χ3v) is 3.17. The van der Waals surface area contributed by atoms with Crippen LogP contribution in [-0.4, -0.2) is 20.0 Å². The summed E-state index contributed by atoms with van der Waals surface area (Å²) in [6.45, 7) is 0. The molecule has 0 spiro atoms. The van der Waals surface area contributed by atoms with Crippen LogP contribution in [0.15, 0.2) is 48.5 Å². The Bertz CT molecular complexity index is 669. The van der Waals surface area contributed by atoms with E-state index >= 15 is 0 Å². The Kier molecular flexibility index (Phi) is 4.57. The van der Waals surface area contributed by atoms with Crippen molar-refractivity contribution in [1.82, 2.24) is 0 Å². The molecule has 0 radical (unpaired) electrons. The van der Waals surface area contributed by atoms with Gasteiger partial charge in [0.2, 0.25) is 0 Å². The van der Waals surface area contributed by atoms with E-state index in [9.17, 15) is 4.79 Å².